The van der Waals surface area contributed by atoms with Crippen molar-refractivity contribution in [2.75, 3.05) is 10.6 Å². The molecule has 140 valence electrons. The summed E-state index contributed by atoms with van der Waals surface area (Å²) in [5.74, 6) is 0.0525. The number of hydrogen-bond acceptors (Lipinski definition) is 4. The molecule has 1 unspecified atom stereocenters. The SMILES string of the molecule is O=C1CC(C(=O)Nc2ccc(SCc3cccnc3)cc2)c2ccccc2N1. The van der Waals surface area contributed by atoms with Crippen LogP contribution in [0.1, 0.15) is 23.5 Å². The van der Waals surface area contributed by atoms with Crippen LogP contribution in [0.4, 0.5) is 11.4 Å². The maximum Gasteiger partial charge on any atom is 0.232 e. The van der Waals surface area contributed by atoms with Crippen LogP contribution in [0.3, 0.4) is 0 Å². The Labute approximate surface area is 167 Å². The van der Waals surface area contributed by atoms with Gasteiger partial charge in [-0.25, -0.2) is 0 Å². The van der Waals surface area contributed by atoms with Crippen molar-refractivity contribution in [1.82, 2.24) is 4.98 Å². The number of anilines is 2. The number of hydrogen-bond donors (Lipinski definition) is 2. The number of nitrogens with one attached hydrogen (secondary N) is 2. The molecule has 6 heteroatoms. The average Bonchev–Trinajstić information content (AvgIpc) is 2.73. The van der Waals surface area contributed by atoms with Crippen LogP contribution in [0.25, 0.3) is 0 Å². The first-order valence-corrected chi connectivity index (χ1v) is 9.99. The van der Waals surface area contributed by atoms with Gasteiger partial charge >= 0.3 is 0 Å². The summed E-state index contributed by atoms with van der Waals surface area (Å²) in [5.41, 5.74) is 3.45. The van der Waals surface area contributed by atoms with Gasteiger partial charge in [0.2, 0.25) is 11.8 Å². The van der Waals surface area contributed by atoms with Gasteiger partial charge in [-0.1, -0.05) is 24.3 Å². The average molecular weight is 389 g/mol. The lowest BCUT2D eigenvalue weighted by molar-refractivity contribution is -0.123. The van der Waals surface area contributed by atoms with E-state index < -0.39 is 5.92 Å². The Balaban J connectivity index is 1.40. The van der Waals surface area contributed by atoms with Gasteiger partial charge in [0.15, 0.2) is 0 Å². The Hall–Kier alpha value is -3.12. The summed E-state index contributed by atoms with van der Waals surface area (Å²) in [6, 6.07) is 19.2. The van der Waals surface area contributed by atoms with Crippen molar-refractivity contribution < 1.29 is 9.59 Å². The van der Waals surface area contributed by atoms with Crippen LogP contribution in [-0.2, 0) is 15.3 Å². The highest BCUT2D eigenvalue weighted by Crippen LogP contribution is 2.33. The van der Waals surface area contributed by atoms with E-state index in [2.05, 4.69) is 15.6 Å². The van der Waals surface area contributed by atoms with Crippen LogP contribution in [0.2, 0.25) is 0 Å². The zero-order valence-electron chi connectivity index (χ0n) is 15.1. The summed E-state index contributed by atoms with van der Waals surface area (Å²) in [6.45, 7) is 0. The molecule has 0 radical (unpaired) electrons. The van der Waals surface area contributed by atoms with Gasteiger partial charge < -0.3 is 10.6 Å². The molecule has 0 spiro atoms. The highest BCUT2D eigenvalue weighted by Gasteiger charge is 2.30. The van der Waals surface area contributed by atoms with Crippen molar-refractivity contribution in [2.45, 2.75) is 23.0 Å². The molecule has 0 aliphatic carbocycles. The Bertz CT molecular complexity index is 990. The van der Waals surface area contributed by atoms with E-state index >= 15 is 0 Å². The molecule has 5 nitrogen and oxygen atoms in total. The fraction of sp³-hybridized carbons (Fsp3) is 0.136. The van der Waals surface area contributed by atoms with Crippen molar-refractivity contribution in [2.24, 2.45) is 0 Å². The number of carbonyl (C=O) groups is 2. The van der Waals surface area contributed by atoms with E-state index in [1.54, 1.807) is 18.0 Å². The minimum atomic E-state index is -0.482. The molecule has 0 fully saturated rings. The topological polar surface area (TPSA) is 71.1 Å². The van der Waals surface area contributed by atoms with Gasteiger partial charge in [0.1, 0.15) is 0 Å². The second-order valence-electron chi connectivity index (χ2n) is 6.56. The number of benzene rings is 2. The predicted octanol–water partition coefficient (Wildman–Crippen LogP) is 4.44. The zero-order chi connectivity index (χ0) is 19.3. The van der Waals surface area contributed by atoms with Gasteiger partial charge in [0.25, 0.3) is 0 Å². The van der Waals surface area contributed by atoms with Crippen LogP contribution in [0, 0.1) is 0 Å². The van der Waals surface area contributed by atoms with Crippen molar-refractivity contribution in [1.29, 1.82) is 0 Å². The van der Waals surface area contributed by atoms with E-state index in [1.807, 2.05) is 66.9 Å². The molecule has 4 rings (SSSR count). The van der Waals surface area contributed by atoms with Crippen molar-refractivity contribution >= 4 is 35.0 Å². The van der Waals surface area contributed by atoms with Crippen LogP contribution < -0.4 is 10.6 Å². The summed E-state index contributed by atoms with van der Waals surface area (Å²) < 4.78 is 0. The van der Waals surface area contributed by atoms with Gasteiger partial charge in [-0.2, -0.15) is 0 Å². The first-order chi connectivity index (χ1) is 13.7. The Kier molecular flexibility index (Phi) is 5.39. The number of amides is 2. The summed E-state index contributed by atoms with van der Waals surface area (Å²) >= 11 is 1.71. The zero-order valence-corrected chi connectivity index (χ0v) is 15.9. The van der Waals surface area contributed by atoms with Gasteiger partial charge in [0, 0.05) is 40.8 Å². The van der Waals surface area contributed by atoms with E-state index in [4.69, 9.17) is 0 Å². The molecular weight excluding hydrogens is 370 g/mol. The second kappa shape index (κ2) is 8.27. The summed E-state index contributed by atoms with van der Waals surface area (Å²) in [4.78, 5) is 29.9. The Morgan fingerprint density at radius 2 is 1.93 bits per heavy atom. The number of aromatic nitrogens is 1. The fourth-order valence-corrected chi connectivity index (χ4v) is 3.99. The van der Waals surface area contributed by atoms with Gasteiger partial charge in [0.05, 0.1) is 5.92 Å². The highest BCUT2D eigenvalue weighted by molar-refractivity contribution is 7.98. The smallest absolute Gasteiger partial charge is 0.232 e. The predicted molar refractivity (Wildman–Crippen MR) is 111 cm³/mol. The molecule has 0 saturated carbocycles. The van der Waals surface area contributed by atoms with Gasteiger partial charge in [-0.05, 0) is 47.5 Å². The number of fused-ring (bicyclic) bond motifs is 1. The van der Waals surface area contributed by atoms with Crippen LogP contribution in [0.15, 0.2) is 78.0 Å². The number of para-hydroxylation sites is 1. The summed E-state index contributed by atoms with van der Waals surface area (Å²) in [7, 11) is 0. The number of pyridine rings is 1. The fourth-order valence-electron chi connectivity index (χ4n) is 3.16. The van der Waals surface area contributed by atoms with Crippen molar-refractivity contribution in [3.63, 3.8) is 0 Å². The van der Waals surface area contributed by atoms with E-state index in [1.165, 1.54) is 5.56 Å². The highest BCUT2D eigenvalue weighted by atomic mass is 32.2. The van der Waals surface area contributed by atoms with E-state index in [0.717, 1.165) is 21.9 Å². The third kappa shape index (κ3) is 4.23. The molecule has 3 aromatic rings. The summed E-state index contributed by atoms with van der Waals surface area (Å²) in [6.07, 6.45) is 3.78. The molecule has 2 amide bonds. The Morgan fingerprint density at radius 1 is 1.11 bits per heavy atom. The number of nitrogens with zero attached hydrogens (tertiary/aromatic N) is 1. The number of rotatable bonds is 5. The molecule has 2 heterocycles. The minimum Gasteiger partial charge on any atom is -0.326 e. The van der Waals surface area contributed by atoms with Crippen LogP contribution >= 0.6 is 11.8 Å². The van der Waals surface area contributed by atoms with Crippen molar-refractivity contribution in [3.05, 3.63) is 84.2 Å². The van der Waals surface area contributed by atoms with Crippen LogP contribution in [0.5, 0.6) is 0 Å². The molecule has 28 heavy (non-hydrogen) atoms. The Morgan fingerprint density at radius 3 is 2.71 bits per heavy atom. The monoisotopic (exact) mass is 389 g/mol. The first kappa shape index (κ1) is 18.3. The molecule has 2 aromatic carbocycles. The molecule has 1 aliphatic rings. The molecule has 1 aliphatic heterocycles. The third-order valence-electron chi connectivity index (χ3n) is 4.57. The standard InChI is InChI=1S/C22H19N3O2S/c26-21-12-19(18-5-1-2-6-20(18)25-21)22(27)24-16-7-9-17(10-8-16)28-14-15-4-3-11-23-13-15/h1-11,13,19H,12,14H2,(H,24,27)(H,25,26). The lowest BCUT2D eigenvalue weighted by Crippen LogP contribution is -2.30. The molecule has 0 saturated heterocycles. The van der Waals surface area contributed by atoms with Gasteiger partial charge in [-0.15, -0.1) is 11.8 Å². The number of carbonyl (C=O) groups excluding carboxylic acids is 2. The van der Waals surface area contributed by atoms with Crippen molar-refractivity contribution in [3.8, 4) is 0 Å². The molecular formula is C22H19N3O2S. The maximum atomic E-state index is 12.8. The molecule has 2 N–H and O–H groups in total. The van der Waals surface area contributed by atoms with E-state index in [0.29, 0.717) is 5.69 Å². The molecule has 1 atom stereocenters. The molecule has 0 bridgehead atoms. The quantitative estimate of drug-likeness (QED) is 0.633. The number of thioether (sulfide) groups is 1. The lowest BCUT2D eigenvalue weighted by atomic mass is 9.90. The third-order valence-corrected chi connectivity index (χ3v) is 5.65. The van der Waals surface area contributed by atoms with Gasteiger partial charge in [-0.3, -0.25) is 14.6 Å². The largest absolute Gasteiger partial charge is 0.326 e. The first-order valence-electron chi connectivity index (χ1n) is 9.00. The molecule has 1 aromatic heterocycles. The lowest BCUT2D eigenvalue weighted by Gasteiger charge is -2.24. The maximum absolute atomic E-state index is 12.8. The van der Waals surface area contributed by atoms with Crippen LogP contribution in [-0.4, -0.2) is 16.8 Å². The normalized spacial score (nSPS) is 15.4. The minimum absolute atomic E-state index is 0.138. The summed E-state index contributed by atoms with van der Waals surface area (Å²) in [5, 5.41) is 5.75. The second-order valence-corrected chi connectivity index (χ2v) is 7.60. The van der Waals surface area contributed by atoms with E-state index in [-0.39, 0.29) is 18.2 Å². The van der Waals surface area contributed by atoms with E-state index in [9.17, 15) is 9.59 Å².